The normalized spacial score (nSPS) is 20.3. The minimum absolute atomic E-state index is 0.397. The Hall–Kier alpha value is -2.93. The SMILES string of the molecule is CN=C(NCCc1nnc2ccccn12)NC1CC(C)N(Cc2ccccc2)C1. The lowest BCUT2D eigenvalue weighted by atomic mass is 10.2. The molecule has 4 rings (SSSR count). The van der Waals surface area contributed by atoms with E-state index < -0.39 is 0 Å². The first kappa shape index (κ1) is 19.4. The molecule has 0 spiro atoms. The van der Waals surface area contributed by atoms with Gasteiger partial charge in [-0.25, -0.2) is 0 Å². The van der Waals surface area contributed by atoms with Crippen molar-refractivity contribution in [3.63, 3.8) is 0 Å². The van der Waals surface area contributed by atoms with Crippen LogP contribution in [0.2, 0.25) is 0 Å². The molecule has 3 heterocycles. The Morgan fingerprint density at radius 3 is 2.79 bits per heavy atom. The van der Waals surface area contributed by atoms with Crippen LogP contribution in [0.1, 0.15) is 24.7 Å². The Morgan fingerprint density at radius 1 is 1.14 bits per heavy atom. The molecule has 2 aromatic heterocycles. The van der Waals surface area contributed by atoms with Gasteiger partial charge in [-0.15, -0.1) is 10.2 Å². The average Bonchev–Trinajstić information content (AvgIpc) is 3.31. The fourth-order valence-electron chi connectivity index (χ4n) is 3.98. The van der Waals surface area contributed by atoms with Crippen LogP contribution in [0.4, 0.5) is 0 Å². The van der Waals surface area contributed by atoms with E-state index in [-0.39, 0.29) is 0 Å². The van der Waals surface area contributed by atoms with Crippen LogP contribution in [0, 0.1) is 0 Å². The number of rotatable bonds is 6. The molecule has 1 aliphatic rings. The fourth-order valence-corrected chi connectivity index (χ4v) is 3.98. The third kappa shape index (κ3) is 4.74. The van der Waals surface area contributed by atoms with Crippen molar-refractivity contribution in [3.8, 4) is 0 Å². The number of hydrogen-bond acceptors (Lipinski definition) is 4. The van der Waals surface area contributed by atoms with Crippen LogP contribution in [0.5, 0.6) is 0 Å². The van der Waals surface area contributed by atoms with Gasteiger partial charge in [-0.1, -0.05) is 36.4 Å². The van der Waals surface area contributed by atoms with E-state index in [1.165, 1.54) is 5.56 Å². The second-order valence-electron chi connectivity index (χ2n) is 7.64. The molecule has 7 heteroatoms. The van der Waals surface area contributed by atoms with Crippen LogP contribution in [0.25, 0.3) is 5.65 Å². The molecule has 3 aromatic rings. The highest BCUT2D eigenvalue weighted by atomic mass is 15.3. The molecule has 1 fully saturated rings. The molecular formula is C22H29N7. The molecule has 0 bridgehead atoms. The summed E-state index contributed by atoms with van der Waals surface area (Å²) < 4.78 is 2.03. The van der Waals surface area contributed by atoms with E-state index in [0.717, 1.165) is 49.9 Å². The van der Waals surface area contributed by atoms with E-state index in [0.29, 0.717) is 12.1 Å². The summed E-state index contributed by atoms with van der Waals surface area (Å²) in [4.78, 5) is 6.93. The van der Waals surface area contributed by atoms with E-state index >= 15 is 0 Å². The molecule has 7 nitrogen and oxygen atoms in total. The Labute approximate surface area is 171 Å². The van der Waals surface area contributed by atoms with Crippen molar-refractivity contribution in [2.24, 2.45) is 4.99 Å². The molecule has 1 saturated heterocycles. The molecule has 0 radical (unpaired) electrons. The number of likely N-dealkylation sites (tertiary alicyclic amines) is 1. The maximum atomic E-state index is 4.40. The van der Waals surface area contributed by atoms with Crippen LogP contribution >= 0.6 is 0 Å². The number of pyridine rings is 1. The summed E-state index contributed by atoms with van der Waals surface area (Å²) in [6, 6.07) is 17.6. The van der Waals surface area contributed by atoms with Gasteiger partial charge in [-0.2, -0.15) is 0 Å². The van der Waals surface area contributed by atoms with Gasteiger partial charge in [0.25, 0.3) is 0 Å². The van der Waals surface area contributed by atoms with Crippen LogP contribution in [0.3, 0.4) is 0 Å². The Morgan fingerprint density at radius 2 is 1.97 bits per heavy atom. The monoisotopic (exact) mass is 391 g/mol. The fraction of sp³-hybridized carbons (Fsp3) is 0.409. The molecule has 0 aliphatic carbocycles. The zero-order chi connectivity index (χ0) is 20.1. The molecule has 29 heavy (non-hydrogen) atoms. The van der Waals surface area contributed by atoms with Crippen LogP contribution in [-0.4, -0.2) is 57.7 Å². The van der Waals surface area contributed by atoms with E-state index in [4.69, 9.17) is 0 Å². The van der Waals surface area contributed by atoms with E-state index in [1.54, 1.807) is 0 Å². The minimum atomic E-state index is 0.397. The summed E-state index contributed by atoms with van der Waals surface area (Å²) >= 11 is 0. The lowest BCUT2D eigenvalue weighted by Crippen LogP contribution is -2.45. The van der Waals surface area contributed by atoms with Gasteiger partial charge in [0.1, 0.15) is 5.82 Å². The lowest BCUT2D eigenvalue weighted by molar-refractivity contribution is 0.258. The highest BCUT2D eigenvalue weighted by Gasteiger charge is 2.29. The minimum Gasteiger partial charge on any atom is -0.356 e. The van der Waals surface area contributed by atoms with Crippen molar-refractivity contribution < 1.29 is 0 Å². The number of nitrogens with zero attached hydrogens (tertiary/aromatic N) is 5. The van der Waals surface area contributed by atoms with Crippen molar-refractivity contribution >= 4 is 11.6 Å². The number of hydrogen-bond donors (Lipinski definition) is 2. The third-order valence-corrected chi connectivity index (χ3v) is 5.52. The summed E-state index contributed by atoms with van der Waals surface area (Å²) in [5, 5.41) is 15.5. The molecule has 0 amide bonds. The molecular weight excluding hydrogens is 362 g/mol. The highest BCUT2D eigenvalue weighted by Crippen LogP contribution is 2.20. The van der Waals surface area contributed by atoms with Crippen molar-refractivity contribution in [3.05, 3.63) is 66.1 Å². The summed E-state index contributed by atoms with van der Waals surface area (Å²) in [6.07, 6.45) is 3.90. The first-order valence-corrected chi connectivity index (χ1v) is 10.3. The summed E-state index contributed by atoms with van der Waals surface area (Å²) in [5.41, 5.74) is 2.24. The Kier molecular flexibility index (Phi) is 6.05. The van der Waals surface area contributed by atoms with E-state index in [1.807, 2.05) is 35.8 Å². The first-order valence-electron chi connectivity index (χ1n) is 10.3. The summed E-state index contributed by atoms with van der Waals surface area (Å²) in [7, 11) is 1.82. The van der Waals surface area contributed by atoms with E-state index in [2.05, 4.69) is 68.0 Å². The first-order chi connectivity index (χ1) is 14.2. The molecule has 2 unspecified atom stereocenters. The van der Waals surface area contributed by atoms with Crippen molar-refractivity contribution in [1.29, 1.82) is 0 Å². The van der Waals surface area contributed by atoms with Gasteiger partial charge in [0.2, 0.25) is 0 Å². The number of aromatic nitrogens is 3. The molecule has 2 atom stereocenters. The Balaban J connectivity index is 1.27. The van der Waals surface area contributed by atoms with Gasteiger partial charge in [-0.3, -0.25) is 14.3 Å². The third-order valence-electron chi connectivity index (χ3n) is 5.52. The van der Waals surface area contributed by atoms with Crippen LogP contribution in [0.15, 0.2) is 59.7 Å². The Bertz CT molecular complexity index is 950. The maximum Gasteiger partial charge on any atom is 0.191 e. The number of guanidine groups is 1. The number of fused-ring (bicyclic) bond motifs is 1. The number of aliphatic imine (C=N–C) groups is 1. The number of nitrogens with one attached hydrogen (secondary N) is 2. The molecule has 2 N–H and O–H groups in total. The smallest absolute Gasteiger partial charge is 0.191 e. The van der Waals surface area contributed by atoms with Gasteiger partial charge in [0.05, 0.1) is 0 Å². The quantitative estimate of drug-likeness (QED) is 0.497. The standard InChI is InChI=1S/C22H29N7/c1-17-14-19(16-28(17)15-18-8-4-3-5-9-18)25-22(23-2)24-12-11-21-27-26-20-10-6-7-13-29(20)21/h3-10,13,17,19H,11-12,14-16H2,1-2H3,(H2,23,24,25). The predicted molar refractivity (Wildman–Crippen MR) is 116 cm³/mol. The topological polar surface area (TPSA) is 69.8 Å². The number of benzene rings is 1. The average molecular weight is 392 g/mol. The lowest BCUT2D eigenvalue weighted by Gasteiger charge is -2.21. The van der Waals surface area contributed by atoms with E-state index in [9.17, 15) is 0 Å². The van der Waals surface area contributed by atoms with Gasteiger partial charge in [0.15, 0.2) is 11.6 Å². The predicted octanol–water partition coefficient (Wildman–Crippen LogP) is 2.10. The van der Waals surface area contributed by atoms with Gasteiger partial charge in [-0.05, 0) is 31.0 Å². The van der Waals surface area contributed by atoms with Crippen molar-refractivity contribution in [2.75, 3.05) is 20.1 Å². The van der Waals surface area contributed by atoms with Crippen molar-refractivity contribution in [1.82, 2.24) is 30.1 Å². The molecule has 1 aromatic carbocycles. The summed E-state index contributed by atoms with van der Waals surface area (Å²) in [6.45, 7) is 5.07. The second kappa shape index (κ2) is 9.05. The largest absolute Gasteiger partial charge is 0.356 e. The highest BCUT2D eigenvalue weighted by molar-refractivity contribution is 5.80. The molecule has 1 aliphatic heterocycles. The zero-order valence-corrected chi connectivity index (χ0v) is 17.1. The summed E-state index contributed by atoms with van der Waals surface area (Å²) in [5.74, 6) is 1.80. The maximum absolute atomic E-state index is 4.40. The van der Waals surface area contributed by atoms with Crippen LogP contribution in [-0.2, 0) is 13.0 Å². The van der Waals surface area contributed by atoms with Crippen LogP contribution < -0.4 is 10.6 Å². The molecule has 0 saturated carbocycles. The van der Waals surface area contributed by atoms with Crippen molar-refractivity contribution in [2.45, 2.75) is 38.4 Å². The van der Waals surface area contributed by atoms with Gasteiger partial charge >= 0.3 is 0 Å². The van der Waals surface area contributed by atoms with Gasteiger partial charge in [0, 0.05) is 51.4 Å². The molecule has 152 valence electrons. The van der Waals surface area contributed by atoms with Gasteiger partial charge < -0.3 is 10.6 Å². The second-order valence-corrected chi connectivity index (χ2v) is 7.64. The zero-order valence-electron chi connectivity index (χ0n) is 17.1.